The van der Waals surface area contributed by atoms with E-state index >= 15 is 0 Å². The normalized spacial score (nSPS) is 10.6. The summed E-state index contributed by atoms with van der Waals surface area (Å²) >= 11 is 0. The molecule has 19 heavy (non-hydrogen) atoms. The number of nitrogen functional groups attached to an aromatic ring is 1. The Balaban J connectivity index is 2.70. The van der Waals surface area contributed by atoms with E-state index in [0.29, 0.717) is 17.2 Å². The first-order chi connectivity index (χ1) is 8.99. The zero-order valence-electron chi connectivity index (χ0n) is 12.4. The van der Waals surface area contributed by atoms with Crippen molar-refractivity contribution in [1.29, 1.82) is 0 Å². The first-order valence-corrected chi connectivity index (χ1v) is 6.84. The van der Waals surface area contributed by atoms with Crippen LogP contribution in [0.1, 0.15) is 37.0 Å². The molecule has 0 bridgehead atoms. The van der Waals surface area contributed by atoms with E-state index in [0.717, 1.165) is 25.1 Å². The molecule has 1 rings (SSSR count). The highest BCUT2D eigenvalue weighted by atomic mass is 16.1. The molecule has 1 amide bonds. The lowest BCUT2D eigenvalue weighted by Gasteiger charge is -2.17. The monoisotopic (exact) mass is 263 g/mol. The van der Waals surface area contributed by atoms with Crippen LogP contribution in [0.2, 0.25) is 0 Å². The van der Waals surface area contributed by atoms with E-state index in [1.165, 1.54) is 0 Å². The van der Waals surface area contributed by atoms with Crippen molar-refractivity contribution in [3.05, 3.63) is 23.8 Å². The van der Waals surface area contributed by atoms with Crippen LogP contribution >= 0.6 is 0 Å². The number of rotatable bonds is 6. The molecule has 1 aromatic carbocycles. The second-order valence-corrected chi connectivity index (χ2v) is 5.06. The molecule has 0 aliphatic carbocycles. The van der Waals surface area contributed by atoms with Crippen LogP contribution in [0.3, 0.4) is 0 Å². The quantitative estimate of drug-likeness (QED) is 0.775. The SMILES string of the molecule is CCC(CC)CNC(=O)c1ccc(N(C)C)c(N)c1. The molecule has 0 spiro atoms. The van der Waals surface area contributed by atoms with Gasteiger partial charge in [0.15, 0.2) is 0 Å². The molecule has 0 aromatic heterocycles. The molecule has 0 fully saturated rings. The molecule has 0 heterocycles. The predicted molar refractivity (Wildman–Crippen MR) is 81.6 cm³/mol. The van der Waals surface area contributed by atoms with E-state index in [1.807, 2.05) is 31.1 Å². The summed E-state index contributed by atoms with van der Waals surface area (Å²) in [6.45, 7) is 5.01. The zero-order valence-corrected chi connectivity index (χ0v) is 12.4. The summed E-state index contributed by atoms with van der Waals surface area (Å²) < 4.78 is 0. The fraction of sp³-hybridized carbons (Fsp3) is 0.533. The Morgan fingerprint density at radius 1 is 1.32 bits per heavy atom. The van der Waals surface area contributed by atoms with Crippen LogP contribution < -0.4 is 16.0 Å². The van der Waals surface area contributed by atoms with Crippen molar-refractivity contribution < 1.29 is 4.79 Å². The summed E-state index contributed by atoms with van der Waals surface area (Å²) in [5.41, 5.74) is 8.12. The molecule has 0 saturated carbocycles. The van der Waals surface area contributed by atoms with Gasteiger partial charge in [-0.2, -0.15) is 0 Å². The van der Waals surface area contributed by atoms with Crippen LogP contribution in [0.25, 0.3) is 0 Å². The smallest absolute Gasteiger partial charge is 0.251 e. The Kier molecular flexibility index (Phi) is 5.67. The van der Waals surface area contributed by atoms with Gasteiger partial charge in [-0.25, -0.2) is 0 Å². The van der Waals surface area contributed by atoms with E-state index in [2.05, 4.69) is 19.2 Å². The van der Waals surface area contributed by atoms with E-state index in [4.69, 9.17) is 5.73 Å². The van der Waals surface area contributed by atoms with Crippen molar-refractivity contribution in [2.45, 2.75) is 26.7 Å². The minimum absolute atomic E-state index is 0.0519. The highest BCUT2D eigenvalue weighted by Crippen LogP contribution is 2.22. The van der Waals surface area contributed by atoms with Crippen molar-refractivity contribution >= 4 is 17.3 Å². The average Bonchev–Trinajstić information content (AvgIpc) is 2.39. The fourth-order valence-corrected chi connectivity index (χ4v) is 2.02. The van der Waals surface area contributed by atoms with Crippen LogP contribution in [0, 0.1) is 5.92 Å². The molecule has 4 nitrogen and oxygen atoms in total. The molecule has 0 atom stereocenters. The topological polar surface area (TPSA) is 58.4 Å². The maximum atomic E-state index is 12.0. The summed E-state index contributed by atoms with van der Waals surface area (Å²) in [5.74, 6) is 0.492. The number of nitrogens with zero attached hydrogens (tertiary/aromatic N) is 1. The third-order valence-electron chi connectivity index (χ3n) is 3.48. The second kappa shape index (κ2) is 7.02. The van der Waals surface area contributed by atoms with Crippen LogP contribution in [-0.2, 0) is 0 Å². The minimum atomic E-state index is -0.0519. The van der Waals surface area contributed by atoms with Gasteiger partial charge in [0.2, 0.25) is 0 Å². The zero-order chi connectivity index (χ0) is 14.4. The minimum Gasteiger partial charge on any atom is -0.397 e. The Labute approximate surface area is 116 Å². The Bertz CT molecular complexity index is 425. The van der Waals surface area contributed by atoms with Gasteiger partial charge in [0.25, 0.3) is 5.91 Å². The lowest BCUT2D eigenvalue weighted by molar-refractivity contribution is 0.0946. The maximum Gasteiger partial charge on any atom is 0.251 e. The van der Waals surface area contributed by atoms with Gasteiger partial charge in [-0.1, -0.05) is 26.7 Å². The number of benzene rings is 1. The van der Waals surface area contributed by atoms with Crippen molar-refractivity contribution in [3.8, 4) is 0 Å². The Hall–Kier alpha value is -1.71. The molecule has 0 aliphatic heterocycles. The molecule has 1 aromatic rings. The summed E-state index contributed by atoms with van der Waals surface area (Å²) in [6, 6.07) is 5.42. The van der Waals surface area contributed by atoms with Crippen LogP contribution in [0.5, 0.6) is 0 Å². The standard InChI is InChI=1S/C15H25N3O/c1-5-11(6-2)10-17-15(19)12-7-8-14(18(3)4)13(16)9-12/h7-9,11H,5-6,10,16H2,1-4H3,(H,17,19). The number of hydrogen-bond donors (Lipinski definition) is 2. The van der Waals surface area contributed by atoms with Crippen molar-refractivity contribution in [1.82, 2.24) is 5.32 Å². The van der Waals surface area contributed by atoms with Crippen molar-refractivity contribution in [3.63, 3.8) is 0 Å². The van der Waals surface area contributed by atoms with Crippen LogP contribution in [0.4, 0.5) is 11.4 Å². The third kappa shape index (κ3) is 4.16. The third-order valence-corrected chi connectivity index (χ3v) is 3.48. The van der Waals surface area contributed by atoms with Gasteiger partial charge in [0.1, 0.15) is 0 Å². The number of amides is 1. The molecule has 4 heteroatoms. The number of nitrogens with one attached hydrogen (secondary N) is 1. The van der Waals surface area contributed by atoms with Gasteiger partial charge in [-0.05, 0) is 24.1 Å². The number of carbonyl (C=O) groups is 1. The van der Waals surface area contributed by atoms with Gasteiger partial charge in [-0.15, -0.1) is 0 Å². The Morgan fingerprint density at radius 2 is 1.95 bits per heavy atom. The highest BCUT2D eigenvalue weighted by molar-refractivity contribution is 5.96. The molecular weight excluding hydrogens is 238 g/mol. The van der Waals surface area contributed by atoms with Gasteiger partial charge in [-0.3, -0.25) is 4.79 Å². The summed E-state index contributed by atoms with van der Waals surface area (Å²) in [5, 5.41) is 2.97. The first-order valence-electron chi connectivity index (χ1n) is 6.84. The number of anilines is 2. The van der Waals surface area contributed by atoms with Gasteiger partial charge in [0, 0.05) is 26.2 Å². The van der Waals surface area contributed by atoms with Gasteiger partial charge in [0.05, 0.1) is 11.4 Å². The van der Waals surface area contributed by atoms with Crippen LogP contribution in [0.15, 0.2) is 18.2 Å². The van der Waals surface area contributed by atoms with Crippen molar-refractivity contribution in [2.24, 2.45) is 5.92 Å². The molecule has 3 N–H and O–H groups in total. The molecule has 0 radical (unpaired) electrons. The molecule has 0 aliphatic rings. The predicted octanol–water partition coefficient (Wildman–Crippen LogP) is 2.50. The van der Waals surface area contributed by atoms with Crippen LogP contribution in [-0.4, -0.2) is 26.5 Å². The Morgan fingerprint density at radius 3 is 2.42 bits per heavy atom. The number of nitrogens with two attached hydrogens (primary N) is 1. The maximum absolute atomic E-state index is 12.0. The van der Waals surface area contributed by atoms with E-state index < -0.39 is 0 Å². The molecule has 0 unspecified atom stereocenters. The van der Waals surface area contributed by atoms with Crippen molar-refractivity contribution in [2.75, 3.05) is 31.3 Å². The highest BCUT2D eigenvalue weighted by Gasteiger charge is 2.10. The summed E-state index contributed by atoms with van der Waals surface area (Å²) in [4.78, 5) is 14.0. The van der Waals surface area contributed by atoms with E-state index in [9.17, 15) is 4.79 Å². The molecular formula is C15H25N3O. The number of carbonyl (C=O) groups excluding carboxylic acids is 1. The summed E-state index contributed by atoms with van der Waals surface area (Å²) in [7, 11) is 3.86. The summed E-state index contributed by atoms with van der Waals surface area (Å²) in [6.07, 6.45) is 2.16. The van der Waals surface area contributed by atoms with E-state index in [-0.39, 0.29) is 5.91 Å². The fourth-order valence-electron chi connectivity index (χ4n) is 2.02. The number of hydrogen-bond acceptors (Lipinski definition) is 3. The molecule has 106 valence electrons. The van der Waals surface area contributed by atoms with E-state index in [1.54, 1.807) is 6.07 Å². The lowest BCUT2D eigenvalue weighted by atomic mass is 10.0. The van der Waals surface area contributed by atoms with Gasteiger partial charge < -0.3 is 16.0 Å². The van der Waals surface area contributed by atoms with Gasteiger partial charge >= 0.3 is 0 Å². The first kappa shape index (κ1) is 15.3. The average molecular weight is 263 g/mol. The largest absolute Gasteiger partial charge is 0.397 e. The molecule has 0 saturated heterocycles. The second-order valence-electron chi connectivity index (χ2n) is 5.06. The lowest BCUT2D eigenvalue weighted by Crippen LogP contribution is -2.29.